The predicted octanol–water partition coefficient (Wildman–Crippen LogP) is 2.58. The molecule has 3 aliphatic rings. The first-order valence-corrected chi connectivity index (χ1v) is 9.89. The second-order valence-electron chi connectivity index (χ2n) is 7.85. The molecule has 6 nitrogen and oxygen atoms in total. The van der Waals surface area contributed by atoms with Gasteiger partial charge in [0.05, 0.1) is 0 Å². The van der Waals surface area contributed by atoms with Crippen LogP contribution in [0.1, 0.15) is 53.8 Å². The van der Waals surface area contributed by atoms with E-state index in [0.717, 1.165) is 62.2 Å². The molecule has 1 aliphatic heterocycles. The Kier molecular flexibility index (Phi) is 3.80. The van der Waals surface area contributed by atoms with Crippen LogP contribution in [0.25, 0.3) is 0 Å². The number of piperazine rings is 1. The minimum Gasteiger partial charge on any atom is -0.353 e. The van der Waals surface area contributed by atoms with Crippen molar-refractivity contribution >= 4 is 11.6 Å². The molecule has 1 saturated heterocycles. The Morgan fingerprint density at radius 1 is 0.885 bits per heavy atom. The van der Waals surface area contributed by atoms with Crippen LogP contribution in [0.15, 0.2) is 6.07 Å². The summed E-state index contributed by atoms with van der Waals surface area (Å²) in [5.74, 6) is 4.84. The van der Waals surface area contributed by atoms with Gasteiger partial charge in [0, 0.05) is 55.1 Å². The number of aryl methyl sites for hydroxylation is 3. The molecule has 0 bridgehead atoms. The number of nitrogens with zero attached hydrogens (tertiary/aromatic N) is 6. The molecule has 0 unspecified atom stereocenters. The third-order valence-corrected chi connectivity index (χ3v) is 5.73. The van der Waals surface area contributed by atoms with Crippen LogP contribution in [0, 0.1) is 13.8 Å². The van der Waals surface area contributed by atoms with Gasteiger partial charge in [-0.15, -0.1) is 0 Å². The van der Waals surface area contributed by atoms with E-state index in [4.69, 9.17) is 9.97 Å². The minimum absolute atomic E-state index is 0.599. The summed E-state index contributed by atoms with van der Waals surface area (Å²) in [6, 6.07) is 2.13. The fourth-order valence-electron chi connectivity index (χ4n) is 4.20. The Labute approximate surface area is 154 Å². The molecule has 2 fully saturated rings. The molecule has 0 amide bonds. The number of aromatic nitrogens is 4. The van der Waals surface area contributed by atoms with Crippen molar-refractivity contribution in [2.75, 3.05) is 36.0 Å². The van der Waals surface area contributed by atoms with Crippen LogP contribution in [0.5, 0.6) is 0 Å². The molecular formula is C20H26N6. The maximum atomic E-state index is 4.86. The SMILES string of the molecule is Cc1cc(N2CCN(c3nc(C)nc4c3CCC4)CC2)nc(C2CC2)n1. The summed E-state index contributed by atoms with van der Waals surface area (Å²) in [6.45, 7) is 8.05. The maximum absolute atomic E-state index is 4.86. The first-order chi connectivity index (χ1) is 12.7. The van der Waals surface area contributed by atoms with Crippen LogP contribution in [-0.2, 0) is 12.8 Å². The molecule has 1 saturated carbocycles. The first-order valence-electron chi connectivity index (χ1n) is 9.89. The van der Waals surface area contributed by atoms with E-state index in [1.165, 1.54) is 36.3 Å². The molecule has 6 heteroatoms. The molecule has 5 rings (SSSR count). The van der Waals surface area contributed by atoms with Gasteiger partial charge in [-0.1, -0.05) is 0 Å². The van der Waals surface area contributed by atoms with Gasteiger partial charge in [0.15, 0.2) is 0 Å². The van der Waals surface area contributed by atoms with E-state index in [9.17, 15) is 0 Å². The summed E-state index contributed by atoms with van der Waals surface area (Å²) >= 11 is 0. The molecule has 26 heavy (non-hydrogen) atoms. The van der Waals surface area contributed by atoms with E-state index in [0.29, 0.717) is 5.92 Å². The zero-order valence-electron chi connectivity index (χ0n) is 15.7. The molecule has 2 aliphatic carbocycles. The van der Waals surface area contributed by atoms with E-state index in [1.54, 1.807) is 0 Å². The Morgan fingerprint density at radius 3 is 2.42 bits per heavy atom. The van der Waals surface area contributed by atoms with Gasteiger partial charge in [0.1, 0.15) is 23.3 Å². The van der Waals surface area contributed by atoms with Crippen molar-refractivity contribution in [3.8, 4) is 0 Å². The Morgan fingerprint density at radius 2 is 1.65 bits per heavy atom. The molecule has 0 atom stereocenters. The van der Waals surface area contributed by atoms with Gasteiger partial charge in [-0.25, -0.2) is 19.9 Å². The predicted molar refractivity (Wildman–Crippen MR) is 102 cm³/mol. The van der Waals surface area contributed by atoms with Gasteiger partial charge < -0.3 is 9.80 Å². The Bertz CT molecular complexity index is 836. The monoisotopic (exact) mass is 350 g/mol. The zero-order chi connectivity index (χ0) is 17.7. The van der Waals surface area contributed by atoms with Gasteiger partial charge in [-0.2, -0.15) is 0 Å². The third kappa shape index (κ3) is 2.91. The van der Waals surface area contributed by atoms with Crippen molar-refractivity contribution in [2.45, 2.75) is 51.9 Å². The van der Waals surface area contributed by atoms with E-state index in [2.05, 4.69) is 32.8 Å². The quantitative estimate of drug-likeness (QED) is 0.848. The van der Waals surface area contributed by atoms with Gasteiger partial charge in [0.2, 0.25) is 0 Å². The Hall–Kier alpha value is -2.24. The number of hydrogen-bond acceptors (Lipinski definition) is 6. The number of fused-ring (bicyclic) bond motifs is 1. The molecular weight excluding hydrogens is 324 g/mol. The highest BCUT2D eigenvalue weighted by atomic mass is 15.3. The summed E-state index contributed by atoms with van der Waals surface area (Å²) in [7, 11) is 0. The number of anilines is 2. The van der Waals surface area contributed by atoms with Gasteiger partial charge in [-0.05, 0) is 46.0 Å². The summed E-state index contributed by atoms with van der Waals surface area (Å²) in [5.41, 5.74) is 3.75. The molecule has 0 aromatic carbocycles. The first kappa shape index (κ1) is 16.0. The highest BCUT2D eigenvalue weighted by molar-refractivity contribution is 5.53. The molecule has 136 valence electrons. The Balaban J connectivity index is 1.34. The third-order valence-electron chi connectivity index (χ3n) is 5.73. The van der Waals surface area contributed by atoms with E-state index < -0.39 is 0 Å². The number of hydrogen-bond donors (Lipinski definition) is 0. The standard InChI is InChI=1S/C20H26N6/c1-13-12-18(24-19(21-13)15-6-7-15)25-8-10-26(11-9-25)20-16-4-3-5-17(16)22-14(2)23-20/h12,15H,3-11H2,1-2H3. The zero-order valence-corrected chi connectivity index (χ0v) is 15.7. The maximum Gasteiger partial charge on any atom is 0.135 e. The van der Waals surface area contributed by atoms with Crippen molar-refractivity contribution in [3.63, 3.8) is 0 Å². The van der Waals surface area contributed by atoms with Gasteiger partial charge >= 0.3 is 0 Å². The van der Waals surface area contributed by atoms with Crippen LogP contribution < -0.4 is 9.80 Å². The van der Waals surface area contributed by atoms with E-state index in [-0.39, 0.29) is 0 Å². The summed E-state index contributed by atoms with van der Waals surface area (Å²) in [4.78, 5) is 23.8. The normalized spacial score (nSPS) is 19.8. The molecule has 0 N–H and O–H groups in total. The van der Waals surface area contributed by atoms with Gasteiger partial charge in [0.25, 0.3) is 0 Å². The van der Waals surface area contributed by atoms with Crippen LogP contribution >= 0.6 is 0 Å². The van der Waals surface area contributed by atoms with E-state index in [1.807, 2.05) is 6.92 Å². The van der Waals surface area contributed by atoms with Crippen molar-refractivity contribution in [3.05, 3.63) is 34.7 Å². The highest BCUT2D eigenvalue weighted by Gasteiger charge is 2.29. The van der Waals surface area contributed by atoms with Gasteiger partial charge in [-0.3, -0.25) is 0 Å². The molecule has 3 heterocycles. The lowest BCUT2D eigenvalue weighted by Crippen LogP contribution is -2.47. The van der Waals surface area contributed by atoms with Crippen molar-refractivity contribution in [2.24, 2.45) is 0 Å². The lowest BCUT2D eigenvalue weighted by molar-refractivity contribution is 0.634. The minimum atomic E-state index is 0.599. The summed E-state index contributed by atoms with van der Waals surface area (Å²) < 4.78 is 0. The smallest absolute Gasteiger partial charge is 0.135 e. The topological polar surface area (TPSA) is 58.0 Å². The lowest BCUT2D eigenvalue weighted by atomic mass is 10.2. The van der Waals surface area contributed by atoms with Crippen molar-refractivity contribution in [1.82, 2.24) is 19.9 Å². The second-order valence-corrected chi connectivity index (χ2v) is 7.85. The average molecular weight is 350 g/mol. The lowest BCUT2D eigenvalue weighted by Gasteiger charge is -2.37. The molecule has 2 aromatic heterocycles. The fraction of sp³-hybridized carbons (Fsp3) is 0.600. The highest BCUT2D eigenvalue weighted by Crippen LogP contribution is 2.38. The average Bonchev–Trinajstić information content (AvgIpc) is 3.39. The van der Waals surface area contributed by atoms with E-state index >= 15 is 0 Å². The summed E-state index contributed by atoms with van der Waals surface area (Å²) in [5, 5.41) is 0. The number of rotatable bonds is 3. The van der Waals surface area contributed by atoms with Crippen LogP contribution in [0.4, 0.5) is 11.6 Å². The van der Waals surface area contributed by atoms with Crippen LogP contribution in [-0.4, -0.2) is 46.1 Å². The second kappa shape index (κ2) is 6.18. The summed E-state index contributed by atoms with van der Waals surface area (Å²) in [6.07, 6.45) is 5.94. The molecule has 0 spiro atoms. The van der Waals surface area contributed by atoms with Crippen LogP contribution in [0.2, 0.25) is 0 Å². The van der Waals surface area contributed by atoms with Crippen LogP contribution in [0.3, 0.4) is 0 Å². The molecule has 2 aromatic rings. The van der Waals surface area contributed by atoms with Crippen molar-refractivity contribution < 1.29 is 0 Å². The molecule has 0 radical (unpaired) electrons. The largest absolute Gasteiger partial charge is 0.353 e. The van der Waals surface area contributed by atoms with Crippen molar-refractivity contribution in [1.29, 1.82) is 0 Å². The fourth-order valence-corrected chi connectivity index (χ4v) is 4.20.